The Hall–Kier alpha value is -2.58. The second-order valence-electron chi connectivity index (χ2n) is 16.8. The fourth-order valence-corrected chi connectivity index (χ4v) is 10.8. The maximum absolute atomic E-state index is 2.62. The third-order valence-corrected chi connectivity index (χ3v) is 16.0. The van der Waals surface area contributed by atoms with Crippen molar-refractivity contribution in [1.29, 1.82) is 0 Å². The molecule has 4 aliphatic rings. The molecule has 4 aliphatic carbocycles. The van der Waals surface area contributed by atoms with Crippen LogP contribution in [0.15, 0.2) is 132 Å². The molecule has 0 aliphatic heterocycles. The molecule has 0 saturated heterocycles. The molecular formula is C49H56Cl2Hf-2. The van der Waals surface area contributed by atoms with E-state index in [1.807, 2.05) is 30.3 Å². The molecule has 1 saturated carbocycles. The van der Waals surface area contributed by atoms with E-state index in [-0.39, 0.29) is 46.5 Å². The molecule has 0 N–H and O–H groups in total. The summed E-state index contributed by atoms with van der Waals surface area (Å²) < 4.78 is 1.48. The summed E-state index contributed by atoms with van der Waals surface area (Å²) in [6, 6.07) is 36.7. The summed E-state index contributed by atoms with van der Waals surface area (Å²) >= 11 is 1.08. The average Bonchev–Trinajstić information content (AvgIpc) is 3.80. The van der Waals surface area contributed by atoms with Crippen LogP contribution in [-0.4, -0.2) is 3.26 Å². The van der Waals surface area contributed by atoms with Gasteiger partial charge in [-0.15, -0.1) is 6.92 Å². The molecular weight excluding hydrogens is 838 g/mol. The summed E-state index contributed by atoms with van der Waals surface area (Å²) in [5.41, 5.74) is 15.7. The normalized spacial score (nSPS) is 22.5. The summed E-state index contributed by atoms with van der Waals surface area (Å²) in [4.78, 5) is 0. The van der Waals surface area contributed by atoms with E-state index in [4.69, 9.17) is 0 Å². The summed E-state index contributed by atoms with van der Waals surface area (Å²) in [5, 5.41) is 0. The maximum Gasteiger partial charge on any atom is -0.172 e. The molecule has 1 fully saturated rings. The molecule has 0 bridgehead atoms. The zero-order valence-electron chi connectivity index (χ0n) is 32.9. The van der Waals surface area contributed by atoms with Crippen molar-refractivity contribution in [2.45, 2.75) is 88.5 Å². The van der Waals surface area contributed by atoms with Crippen molar-refractivity contribution in [2.24, 2.45) is 27.6 Å². The number of fused-ring (bicyclic) bond motifs is 6. The molecule has 0 aromatic heterocycles. The molecule has 2 atom stereocenters. The van der Waals surface area contributed by atoms with Gasteiger partial charge in [-0.05, 0) is 40.6 Å². The predicted molar refractivity (Wildman–Crippen MR) is 212 cm³/mol. The van der Waals surface area contributed by atoms with Crippen LogP contribution in [0.4, 0.5) is 0 Å². The third kappa shape index (κ3) is 6.93. The van der Waals surface area contributed by atoms with Crippen LogP contribution in [0, 0.1) is 47.3 Å². The van der Waals surface area contributed by atoms with Gasteiger partial charge in [0.25, 0.3) is 0 Å². The molecule has 4 aromatic rings. The quantitative estimate of drug-likeness (QED) is 0.154. The second-order valence-corrected chi connectivity index (χ2v) is 18.6. The number of benzene rings is 3. The van der Waals surface area contributed by atoms with E-state index in [1.165, 1.54) is 49.5 Å². The molecule has 272 valence electrons. The minimum atomic E-state index is 0. The summed E-state index contributed by atoms with van der Waals surface area (Å²) in [6.07, 6.45) is 8.50. The Labute approximate surface area is 342 Å². The van der Waals surface area contributed by atoms with Gasteiger partial charge in [-0.2, -0.15) is 29.3 Å². The van der Waals surface area contributed by atoms with Gasteiger partial charge in [0, 0.05) is 0 Å². The van der Waals surface area contributed by atoms with Crippen LogP contribution in [0.3, 0.4) is 0 Å². The van der Waals surface area contributed by atoms with Gasteiger partial charge in [-0.3, -0.25) is 0 Å². The van der Waals surface area contributed by atoms with Crippen molar-refractivity contribution < 1.29 is 48.7 Å². The first kappa shape index (κ1) is 42.2. The number of hydrogen-bond acceptors (Lipinski definition) is 0. The predicted octanol–water partition coefficient (Wildman–Crippen LogP) is 6.80. The van der Waals surface area contributed by atoms with E-state index in [2.05, 4.69) is 154 Å². The largest absolute Gasteiger partial charge is 1.00 e. The number of halogens is 2. The Morgan fingerprint density at radius 1 is 0.750 bits per heavy atom. The van der Waals surface area contributed by atoms with Gasteiger partial charge in [0.15, 0.2) is 0 Å². The standard InChI is InChI=1S/C29H37.C15H14.C5H5.2ClH.Hf/c1-18-25-22-17-19-13-9-10-14-20(19)24(22)21-15-11-12-16-23(21)29(25,8)28(6,7)27(4,5)26(18,2)3;1-12-5-3-7-14(9-12)11-15-8-4-6-13(2)10-15;1-2-4-5-3-1;;;/h9-11,13-15,23H,12,16-17H2,1-8H3;3-10H,1-2H3;1-5H;2*1H;/q-1;;-1;;;+2/p-2. The van der Waals surface area contributed by atoms with Crippen LogP contribution in [-0.2, 0) is 30.3 Å². The molecule has 0 heterocycles. The molecule has 0 amide bonds. The van der Waals surface area contributed by atoms with Crippen molar-refractivity contribution >= 4 is 8.83 Å². The van der Waals surface area contributed by atoms with Crippen LogP contribution in [0.2, 0.25) is 0 Å². The van der Waals surface area contributed by atoms with E-state index >= 15 is 0 Å². The van der Waals surface area contributed by atoms with Crippen molar-refractivity contribution in [3.63, 3.8) is 0 Å². The van der Waals surface area contributed by atoms with Gasteiger partial charge < -0.3 is 24.8 Å². The Bertz CT molecular complexity index is 1920. The van der Waals surface area contributed by atoms with Gasteiger partial charge in [0.1, 0.15) is 0 Å². The fourth-order valence-electron chi connectivity index (χ4n) is 9.66. The van der Waals surface area contributed by atoms with Crippen LogP contribution >= 0.6 is 0 Å². The zero-order chi connectivity index (χ0) is 36.1. The Morgan fingerprint density at radius 3 is 1.87 bits per heavy atom. The second kappa shape index (κ2) is 16.0. The molecule has 0 radical (unpaired) electrons. The minimum Gasteiger partial charge on any atom is -1.00 e. The van der Waals surface area contributed by atoms with Crippen molar-refractivity contribution in [3.05, 3.63) is 171 Å². The Morgan fingerprint density at radius 2 is 1.33 bits per heavy atom. The van der Waals surface area contributed by atoms with Gasteiger partial charge in [-0.1, -0.05) is 113 Å². The third-order valence-electron chi connectivity index (χ3n) is 14.0. The van der Waals surface area contributed by atoms with E-state index in [1.54, 1.807) is 28.2 Å². The van der Waals surface area contributed by atoms with E-state index in [0.29, 0.717) is 5.92 Å². The van der Waals surface area contributed by atoms with Crippen molar-refractivity contribution in [2.75, 3.05) is 0 Å². The molecule has 4 aromatic carbocycles. The van der Waals surface area contributed by atoms with Crippen LogP contribution in [0.1, 0.15) is 102 Å². The van der Waals surface area contributed by atoms with Gasteiger partial charge >= 0.3 is 112 Å². The number of hydrogen-bond donors (Lipinski definition) is 0. The first-order chi connectivity index (χ1) is 23.6. The smallest absolute Gasteiger partial charge is 0.172 e. The first-order valence-electron chi connectivity index (χ1n) is 18.6. The number of allylic oxidation sites excluding steroid dienone is 6. The van der Waals surface area contributed by atoms with E-state index < -0.39 is 0 Å². The summed E-state index contributed by atoms with van der Waals surface area (Å²) in [7, 11) is 0. The maximum atomic E-state index is 2.62. The van der Waals surface area contributed by atoms with Gasteiger partial charge in [-0.25, -0.2) is 18.1 Å². The molecule has 3 heteroatoms. The number of aryl methyl sites for hydroxylation is 2. The van der Waals surface area contributed by atoms with E-state index in [9.17, 15) is 0 Å². The SMILES string of the molecule is C[C-]1C2=C3Cc4ccccc4C3=C3C=CCCC3C2(C)C(C)(C)C(C)(C)C1(C)C.Cc1cccc([C](=[Hf+2])c2cccc(C)c2)c1.[Cl-].[Cl-].c1cc[cH-]c1. The van der Waals surface area contributed by atoms with Crippen molar-refractivity contribution in [1.82, 2.24) is 0 Å². The first-order valence-corrected chi connectivity index (χ1v) is 20.4. The monoisotopic (exact) mass is 894 g/mol. The van der Waals surface area contributed by atoms with Gasteiger partial charge in [0.2, 0.25) is 0 Å². The Balaban J connectivity index is 0.000000221. The molecule has 0 spiro atoms. The van der Waals surface area contributed by atoms with E-state index in [0.717, 1.165) is 30.3 Å². The van der Waals surface area contributed by atoms with Crippen molar-refractivity contribution in [3.8, 4) is 0 Å². The fraction of sp³-hybridized carbons (Fsp3) is 0.367. The Kier molecular flexibility index (Phi) is 13.0. The summed E-state index contributed by atoms with van der Waals surface area (Å²) in [6.45, 7) is 24.6. The zero-order valence-corrected chi connectivity index (χ0v) is 38.0. The molecule has 0 nitrogen and oxygen atoms in total. The molecule has 2 unspecified atom stereocenters. The molecule has 52 heavy (non-hydrogen) atoms. The van der Waals surface area contributed by atoms with Gasteiger partial charge in [0.05, 0.1) is 0 Å². The topological polar surface area (TPSA) is 0 Å². The van der Waals surface area contributed by atoms with Crippen LogP contribution in [0.5, 0.6) is 0 Å². The number of rotatable bonds is 2. The molecule has 8 rings (SSSR count). The van der Waals surface area contributed by atoms with Crippen LogP contribution in [0.25, 0.3) is 5.57 Å². The minimum absolute atomic E-state index is 0. The van der Waals surface area contributed by atoms with Crippen LogP contribution < -0.4 is 24.8 Å². The summed E-state index contributed by atoms with van der Waals surface area (Å²) in [5.74, 6) is 2.24. The average molecular weight is 894 g/mol.